The Morgan fingerprint density at radius 1 is 0.828 bits per heavy atom. The van der Waals surface area contributed by atoms with Gasteiger partial charge in [0, 0.05) is 6.42 Å². The monoisotopic (exact) mass is 545 g/mol. The molecule has 2 atom stereocenters. The average Bonchev–Trinajstić information content (AvgIpc) is 2.58. The Hall–Kier alpha value is 0.110. The van der Waals surface area contributed by atoms with Gasteiger partial charge in [0.05, 0.1) is 45.1 Å². The number of carbonyl (C=O) groups excluding carboxylic acids is 1. The minimum atomic E-state index is -3.00. The van der Waals surface area contributed by atoms with Crippen LogP contribution in [0.25, 0.3) is 0 Å². The summed E-state index contributed by atoms with van der Waals surface area (Å²) in [7, 11) is 3.22. The lowest BCUT2D eigenvalue weighted by Crippen LogP contribution is -3.00. The molecule has 1 aliphatic heterocycles. The summed E-state index contributed by atoms with van der Waals surface area (Å²) in [5.74, 6) is 0.386. The highest BCUT2D eigenvalue weighted by atomic mass is 127. The van der Waals surface area contributed by atoms with Crippen LogP contribution in [0, 0.1) is 5.92 Å². The van der Waals surface area contributed by atoms with Gasteiger partial charge >= 0.3 is 5.97 Å². The Labute approximate surface area is 196 Å². The molecule has 1 aliphatic rings. The van der Waals surface area contributed by atoms with E-state index in [4.69, 9.17) is 4.74 Å². The lowest BCUT2D eigenvalue weighted by atomic mass is 9.88. The normalized spacial score (nSPS) is 19.4. The Bertz CT molecular complexity index is 546. The third-order valence-electron chi connectivity index (χ3n) is 5.62. The molecule has 0 aromatic carbocycles. The summed E-state index contributed by atoms with van der Waals surface area (Å²) in [5, 5.41) is 0. The van der Waals surface area contributed by atoms with Crippen molar-refractivity contribution in [2.75, 3.05) is 39.2 Å². The molecule has 0 aromatic heterocycles. The van der Waals surface area contributed by atoms with E-state index in [0.29, 0.717) is 19.3 Å². The van der Waals surface area contributed by atoms with Crippen LogP contribution in [0.15, 0.2) is 0 Å². The van der Waals surface area contributed by atoms with Crippen LogP contribution in [0.3, 0.4) is 0 Å². The first-order valence-electron chi connectivity index (χ1n) is 11.4. The first kappa shape index (κ1) is 29.1. The standard InChI is InChI=1S/C22H44NO4S.HI/c1-5-6-7-8-9-10-11-12-15-20-21(27-22(20)24)16-13-18-28(25,26)19-14-17-23(2,3)4;/h20-21H,5-19H2,1-4H3;1H/q+1;/p-1/t20-,21-;/m1./s1. The number of cyclic esters (lactones) is 1. The fraction of sp³-hybridized carbons (Fsp3) is 0.955. The van der Waals surface area contributed by atoms with Crippen LogP contribution in [0.2, 0.25) is 0 Å². The molecule has 7 heteroatoms. The molecule has 0 aliphatic carbocycles. The number of nitrogens with zero attached hydrogens (tertiary/aromatic N) is 1. The molecule has 1 heterocycles. The highest BCUT2D eigenvalue weighted by Gasteiger charge is 2.41. The van der Waals surface area contributed by atoms with E-state index in [1.807, 2.05) is 0 Å². The van der Waals surface area contributed by atoms with Crippen molar-refractivity contribution >= 4 is 15.8 Å². The molecule has 0 amide bonds. The van der Waals surface area contributed by atoms with Crippen molar-refractivity contribution in [2.24, 2.45) is 5.92 Å². The third kappa shape index (κ3) is 13.9. The topological polar surface area (TPSA) is 60.4 Å². The number of esters is 1. The summed E-state index contributed by atoms with van der Waals surface area (Å²) in [4.78, 5) is 11.7. The molecule has 0 N–H and O–H groups in total. The van der Waals surface area contributed by atoms with Gasteiger partial charge in [0.2, 0.25) is 0 Å². The van der Waals surface area contributed by atoms with E-state index in [1.165, 1.54) is 44.9 Å². The van der Waals surface area contributed by atoms with Crippen molar-refractivity contribution in [1.82, 2.24) is 0 Å². The van der Waals surface area contributed by atoms with Crippen molar-refractivity contribution in [3.63, 3.8) is 0 Å². The van der Waals surface area contributed by atoms with Gasteiger partial charge in [0.25, 0.3) is 0 Å². The predicted octanol–water partition coefficient (Wildman–Crippen LogP) is 1.35. The smallest absolute Gasteiger partial charge is 0.313 e. The van der Waals surface area contributed by atoms with E-state index in [9.17, 15) is 13.2 Å². The second-order valence-corrected chi connectivity index (χ2v) is 11.8. The maximum Gasteiger partial charge on any atom is 0.313 e. The molecule has 5 nitrogen and oxygen atoms in total. The van der Waals surface area contributed by atoms with Crippen LogP contribution >= 0.6 is 0 Å². The minimum Gasteiger partial charge on any atom is -1.00 e. The number of hydrogen-bond acceptors (Lipinski definition) is 4. The number of sulfone groups is 1. The van der Waals surface area contributed by atoms with Crippen LogP contribution in [0.4, 0.5) is 0 Å². The van der Waals surface area contributed by atoms with E-state index in [2.05, 4.69) is 28.1 Å². The van der Waals surface area contributed by atoms with Crippen molar-refractivity contribution in [3.8, 4) is 0 Å². The molecule has 0 spiro atoms. The second-order valence-electron chi connectivity index (χ2n) is 9.51. The fourth-order valence-electron chi connectivity index (χ4n) is 3.83. The van der Waals surface area contributed by atoms with Gasteiger partial charge in [-0.1, -0.05) is 58.3 Å². The van der Waals surface area contributed by atoms with Crippen molar-refractivity contribution < 1.29 is 46.4 Å². The summed E-state index contributed by atoms with van der Waals surface area (Å²) in [5.41, 5.74) is 0. The number of halogens is 1. The van der Waals surface area contributed by atoms with E-state index in [-0.39, 0.29) is 53.5 Å². The number of hydrogen-bond donors (Lipinski definition) is 0. The van der Waals surface area contributed by atoms with Crippen LogP contribution < -0.4 is 24.0 Å². The highest BCUT2D eigenvalue weighted by Crippen LogP contribution is 2.31. The molecule has 0 aromatic rings. The summed E-state index contributed by atoms with van der Waals surface area (Å²) >= 11 is 0. The SMILES string of the molecule is CCCCCCCCCC[C@H]1C(=O)O[C@@H]1CCCS(=O)(=O)CCC[N+](C)(C)C.[I-]. The molecule has 29 heavy (non-hydrogen) atoms. The number of carbonyl (C=O) groups is 1. The molecule has 1 rings (SSSR count). The van der Waals surface area contributed by atoms with E-state index >= 15 is 0 Å². The molecular formula is C22H44INO4S. The molecule has 0 radical (unpaired) electrons. The zero-order chi connectivity index (χ0) is 21.0. The van der Waals surface area contributed by atoms with Gasteiger partial charge in [-0.15, -0.1) is 0 Å². The van der Waals surface area contributed by atoms with E-state index < -0.39 is 9.84 Å². The largest absolute Gasteiger partial charge is 1.00 e. The van der Waals surface area contributed by atoms with E-state index in [0.717, 1.165) is 23.9 Å². The fourth-order valence-corrected chi connectivity index (χ4v) is 5.21. The number of ether oxygens (including phenoxy) is 1. The Morgan fingerprint density at radius 3 is 1.93 bits per heavy atom. The Kier molecular flexibility index (Phi) is 15.1. The number of unbranched alkanes of at least 4 members (excludes halogenated alkanes) is 7. The molecule has 0 bridgehead atoms. The predicted molar refractivity (Wildman–Crippen MR) is 116 cm³/mol. The Morgan fingerprint density at radius 2 is 1.38 bits per heavy atom. The zero-order valence-electron chi connectivity index (χ0n) is 19.1. The maximum atomic E-state index is 12.2. The summed E-state index contributed by atoms with van der Waals surface area (Å²) in [6.45, 7) is 3.09. The van der Waals surface area contributed by atoms with Gasteiger partial charge in [0.15, 0.2) is 9.84 Å². The quantitative estimate of drug-likeness (QED) is 0.120. The van der Waals surface area contributed by atoms with Gasteiger partial charge in [-0.2, -0.15) is 0 Å². The highest BCUT2D eigenvalue weighted by molar-refractivity contribution is 7.91. The number of rotatable bonds is 17. The van der Waals surface area contributed by atoms with Crippen LogP contribution in [0.1, 0.15) is 84.0 Å². The van der Waals surface area contributed by atoms with Crippen LogP contribution in [0.5, 0.6) is 0 Å². The van der Waals surface area contributed by atoms with Gasteiger partial charge in [0.1, 0.15) is 6.10 Å². The summed E-state index contributed by atoms with van der Waals surface area (Å²) in [6, 6.07) is 0. The lowest BCUT2D eigenvalue weighted by molar-refractivity contribution is -0.870. The first-order valence-corrected chi connectivity index (χ1v) is 13.2. The van der Waals surface area contributed by atoms with E-state index in [1.54, 1.807) is 0 Å². The van der Waals surface area contributed by atoms with Crippen molar-refractivity contribution in [2.45, 2.75) is 90.1 Å². The van der Waals surface area contributed by atoms with Gasteiger partial charge < -0.3 is 33.2 Å². The van der Waals surface area contributed by atoms with Crippen molar-refractivity contribution in [3.05, 3.63) is 0 Å². The van der Waals surface area contributed by atoms with Gasteiger partial charge in [-0.25, -0.2) is 8.42 Å². The first-order chi connectivity index (χ1) is 13.1. The average molecular weight is 546 g/mol. The summed E-state index contributed by atoms with van der Waals surface area (Å²) < 4.78 is 30.4. The number of quaternary nitrogens is 1. The minimum absolute atomic E-state index is 0. The molecule has 1 saturated heterocycles. The van der Waals surface area contributed by atoms with Crippen molar-refractivity contribution in [1.29, 1.82) is 0 Å². The molecule has 1 fully saturated rings. The van der Waals surface area contributed by atoms with Gasteiger partial charge in [-0.3, -0.25) is 4.79 Å². The maximum absolute atomic E-state index is 12.2. The Balaban J connectivity index is 0.00000784. The molecular weight excluding hydrogens is 501 g/mol. The van der Waals surface area contributed by atoms with Crippen LogP contribution in [-0.2, 0) is 19.4 Å². The van der Waals surface area contributed by atoms with Crippen LogP contribution in [-0.4, -0.2) is 64.2 Å². The third-order valence-corrected chi connectivity index (χ3v) is 7.44. The zero-order valence-corrected chi connectivity index (χ0v) is 22.1. The second kappa shape index (κ2) is 15.0. The molecule has 174 valence electrons. The lowest BCUT2D eigenvalue weighted by Gasteiger charge is -2.35. The molecule has 0 unspecified atom stereocenters. The summed E-state index contributed by atoms with van der Waals surface area (Å²) in [6.07, 6.45) is 12.9. The molecule has 0 saturated carbocycles. The van der Waals surface area contributed by atoms with Gasteiger partial charge in [-0.05, 0) is 19.3 Å².